The smallest absolute Gasteiger partial charge is 0.258 e. The minimum absolute atomic E-state index is 0.0789. The number of fused-ring (bicyclic) bond motifs is 2. The minimum atomic E-state index is -0.532. The van der Waals surface area contributed by atoms with Crippen molar-refractivity contribution in [1.82, 2.24) is 14.9 Å². The summed E-state index contributed by atoms with van der Waals surface area (Å²) >= 11 is 0. The van der Waals surface area contributed by atoms with E-state index in [2.05, 4.69) is 15.3 Å². The van der Waals surface area contributed by atoms with Crippen molar-refractivity contribution in [3.8, 4) is 5.75 Å². The second-order valence-electron chi connectivity index (χ2n) is 8.87. The zero-order valence-electron chi connectivity index (χ0n) is 18.4. The van der Waals surface area contributed by atoms with Gasteiger partial charge in [0, 0.05) is 6.04 Å². The number of amides is 2. The lowest BCUT2D eigenvalue weighted by Crippen LogP contribution is -2.48. The number of aromatic amines is 1. The van der Waals surface area contributed by atoms with Crippen molar-refractivity contribution in [3.05, 3.63) is 53.6 Å². The number of H-pyrrole nitrogens is 1. The molecule has 166 valence electrons. The molecule has 1 aliphatic carbocycles. The number of methoxy groups -OCH3 is 1. The van der Waals surface area contributed by atoms with Crippen molar-refractivity contribution in [1.29, 1.82) is 0 Å². The first-order valence-electron chi connectivity index (χ1n) is 11.3. The van der Waals surface area contributed by atoms with E-state index in [1.807, 2.05) is 42.2 Å². The summed E-state index contributed by atoms with van der Waals surface area (Å²) in [6, 6.07) is 12.7. The number of benzene rings is 2. The summed E-state index contributed by atoms with van der Waals surface area (Å²) in [5.41, 5.74) is 3.29. The monoisotopic (exact) mass is 432 g/mol. The fourth-order valence-electron chi connectivity index (χ4n) is 5.33. The van der Waals surface area contributed by atoms with Crippen LogP contribution in [0.3, 0.4) is 0 Å². The lowest BCUT2D eigenvalue weighted by molar-refractivity contribution is -0.120. The summed E-state index contributed by atoms with van der Waals surface area (Å²) < 4.78 is 5.43. The van der Waals surface area contributed by atoms with Crippen LogP contribution < -0.4 is 10.1 Å². The van der Waals surface area contributed by atoms with Crippen molar-refractivity contribution in [2.24, 2.45) is 5.92 Å². The van der Waals surface area contributed by atoms with Crippen LogP contribution in [0.25, 0.3) is 11.0 Å². The Morgan fingerprint density at radius 1 is 1.16 bits per heavy atom. The Morgan fingerprint density at radius 2 is 1.97 bits per heavy atom. The van der Waals surface area contributed by atoms with Gasteiger partial charge in [0.2, 0.25) is 11.9 Å². The number of para-hydroxylation sites is 1. The third-order valence-electron chi connectivity index (χ3n) is 6.84. The highest BCUT2D eigenvalue weighted by Crippen LogP contribution is 2.41. The number of imidazole rings is 1. The minimum Gasteiger partial charge on any atom is -0.496 e. The number of hydrogen-bond donors (Lipinski definition) is 2. The molecule has 3 atom stereocenters. The third-order valence-corrected chi connectivity index (χ3v) is 6.84. The summed E-state index contributed by atoms with van der Waals surface area (Å²) in [6.07, 6.45) is 4.88. The number of anilines is 1. The van der Waals surface area contributed by atoms with Gasteiger partial charge in [-0.3, -0.25) is 14.9 Å². The molecule has 5 rings (SSSR count). The van der Waals surface area contributed by atoms with E-state index in [1.165, 1.54) is 0 Å². The lowest BCUT2D eigenvalue weighted by atomic mass is 9.84. The van der Waals surface area contributed by atoms with Gasteiger partial charge in [-0.2, -0.15) is 0 Å². The first kappa shape index (κ1) is 20.5. The molecule has 0 spiro atoms. The molecule has 2 N–H and O–H groups in total. The maximum Gasteiger partial charge on any atom is 0.258 e. The fourth-order valence-corrected chi connectivity index (χ4v) is 5.33. The number of carbonyl (C=O) groups excluding carboxylic acids is 2. The average Bonchev–Trinajstić information content (AvgIpc) is 3.39. The van der Waals surface area contributed by atoms with Gasteiger partial charge < -0.3 is 14.6 Å². The molecule has 2 aromatic carbocycles. The standard InChI is InChI=1S/C25H28N4O3/c1-15-11-12-18-19(13-15)27-25(26-18)28-23(30)21-14-16-7-3-5-9-20(16)29(21)24(31)17-8-4-6-10-22(17)32-2/h4,6,8,10-13,16,20-21H,3,5,7,9,14H2,1-2H3,(H2,26,27,28,30)/t16-,20-,21-/m0/s1. The number of rotatable bonds is 4. The Kier molecular flexibility index (Phi) is 5.33. The Labute approximate surface area is 187 Å². The Balaban J connectivity index is 1.44. The van der Waals surface area contributed by atoms with Gasteiger partial charge in [-0.05, 0) is 61.9 Å². The summed E-state index contributed by atoms with van der Waals surface area (Å²) in [5, 5.41) is 2.94. The zero-order valence-corrected chi connectivity index (χ0v) is 18.4. The quantitative estimate of drug-likeness (QED) is 0.644. The maximum absolute atomic E-state index is 13.7. The highest BCUT2D eigenvalue weighted by atomic mass is 16.5. The molecule has 1 saturated heterocycles. The van der Waals surface area contributed by atoms with E-state index >= 15 is 0 Å². The first-order chi connectivity index (χ1) is 15.5. The average molecular weight is 433 g/mol. The van der Waals surface area contributed by atoms with Gasteiger partial charge in [0.25, 0.3) is 5.91 Å². The SMILES string of the molecule is COc1ccccc1C(=O)N1[C@H](C(=O)Nc2nc3ccc(C)cc3[nH]2)C[C@@H]2CCCC[C@@H]21. The number of likely N-dealkylation sites (tertiary alicyclic amines) is 1. The predicted molar refractivity (Wildman–Crippen MR) is 123 cm³/mol. The van der Waals surface area contributed by atoms with Crippen molar-refractivity contribution in [2.45, 2.75) is 51.1 Å². The van der Waals surface area contributed by atoms with Crippen molar-refractivity contribution < 1.29 is 14.3 Å². The first-order valence-corrected chi connectivity index (χ1v) is 11.3. The van der Waals surface area contributed by atoms with Gasteiger partial charge in [-0.15, -0.1) is 0 Å². The Bertz CT molecular complexity index is 1170. The van der Waals surface area contributed by atoms with Crippen LogP contribution in [0.4, 0.5) is 5.95 Å². The summed E-state index contributed by atoms with van der Waals surface area (Å²) in [4.78, 5) is 36.6. The van der Waals surface area contributed by atoms with Crippen molar-refractivity contribution in [2.75, 3.05) is 12.4 Å². The van der Waals surface area contributed by atoms with E-state index in [0.717, 1.165) is 42.3 Å². The summed E-state index contributed by atoms with van der Waals surface area (Å²) in [7, 11) is 1.56. The van der Waals surface area contributed by atoms with Crippen LogP contribution in [-0.4, -0.2) is 45.9 Å². The molecule has 0 unspecified atom stereocenters. The Morgan fingerprint density at radius 3 is 2.81 bits per heavy atom. The largest absolute Gasteiger partial charge is 0.496 e. The molecule has 0 radical (unpaired) electrons. The molecule has 1 aromatic heterocycles. The van der Waals surface area contributed by atoms with Gasteiger partial charge >= 0.3 is 0 Å². The topological polar surface area (TPSA) is 87.3 Å². The normalized spacial score (nSPS) is 22.6. The van der Waals surface area contributed by atoms with E-state index in [9.17, 15) is 9.59 Å². The summed E-state index contributed by atoms with van der Waals surface area (Å²) in [5.74, 6) is 0.950. The third kappa shape index (κ3) is 3.61. The van der Waals surface area contributed by atoms with Crippen LogP contribution in [0.5, 0.6) is 5.75 Å². The molecule has 1 saturated carbocycles. The second kappa shape index (κ2) is 8.30. The van der Waals surface area contributed by atoms with Crippen LogP contribution in [-0.2, 0) is 4.79 Å². The van der Waals surface area contributed by atoms with Gasteiger partial charge in [-0.1, -0.05) is 31.0 Å². The van der Waals surface area contributed by atoms with Crippen molar-refractivity contribution >= 4 is 28.8 Å². The number of carbonyl (C=O) groups is 2. The fraction of sp³-hybridized carbons (Fsp3) is 0.400. The lowest BCUT2D eigenvalue weighted by Gasteiger charge is -2.33. The molecule has 2 amide bonds. The number of ether oxygens (including phenoxy) is 1. The van der Waals surface area contributed by atoms with Gasteiger partial charge in [-0.25, -0.2) is 4.98 Å². The molecule has 0 bridgehead atoms. The number of nitrogens with zero attached hydrogens (tertiary/aromatic N) is 2. The maximum atomic E-state index is 13.7. The molecular weight excluding hydrogens is 404 g/mol. The van der Waals surface area contributed by atoms with Crippen LogP contribution in [0.15, 0.2) is 42.5 Å². The molecule has 7 nitrogen and oxygen atoms in total. The van der Waals surface area contributed by atoms with Gasteiger partial charge in [0.15, 0.2) is 0 Å². The van der Waals surface area contributed by atoms with Gasteiger partial charge in [0.1, 0.15) is 11.8 Å². The van der Waals surface area contributed by atoms with E-state index in [1.54, 1.807) is 19.2 Å². The van der Waals surface area contributed by atoms with E-state index in [-0.39, 0.29) is 17.9 Å². The molecule has 1 aliphatic heterocycles. The molecule has 2 aliphatic rings. The number of hydrogen-bond acceptors (Lipinski definition) is 4. The van der Waals surface area contributed by atoms with Crippen LogP contribution in [0, 0.1) is 12.8 Å². The van der Waals surface area contributed by atoms with Crippen LogP contribution >= 0.6 is 0 Å². The van der Waals surface area contributed by atoms with E-state index in [4.69, 9.17) is 4.74 Å². The number of aryl methyl sites for hydroxylation is 1. The molecule has 2 fully saturated rings. The molecule has 7 heteroatoms. The molecule has 2 heterocycles. The van der Waals surface area contributed by atoms with E-state index < -0.39 is 6.04 Å². The van der Waals surface area contributed by atoms with Crippen LogP contribution in [0.1, 0.15) is 48.0 Å². The molecule has 32 heavy (non-hydrogen) atoms. The van der Waals surface area contributed by atoms with Gasteiger partial charge in [0.05, 0.1) is 23.7 Å². The zero-order chi connectivity index (χ0) is 22.2. The van der Waals surface area contributed by atoms with E-state index in [0.29, 0.717) is 29.6 Å². The van der Waals surface area contributed by atoms with Crippen molar-refractivity contribution in [3.63, 3.8) is 0 Å². The number of nitrogens with one attached hydrogen (secondary N) is 2. The summed E-state index contributed by atoms with van der Waals surface area (Å²) in [6.45, 7) is 2.01. The molecular formula is C25H28N4O3. The predicted octanol–water partition coefficient (Wildman–Crippen LogP) is 4.29. The van der Waals surface area contributed by atoms with Crippen LogP contribution in [0.2, 0.25) is 0 Å². The molecule has 3 aromatic rings. The number of aromatic nitrogens is 2. The second-order valence-corrected chi connectivity index (χ2v) is 8.87. The highest BCUT2D eigenvalue weighted by Gasteiger charge is 2.48. The Hall–Kier alpha value is -3.35. The highest BCUT2D eigenvalue weighted by molar-refractivity contribution is 6.03.